The van der Waals surface area contributed by atoms with E-state index in [-0.39, 0.29) is 18.2 Å². The maximum Gasteiger partial charge on any atom is 0.184 e. The second-order valence-electron chi connectivity index (χ2n) is 7.85. The lowest BCUT2D eigenvalue weighted by atomic mass is 9.92. The van der Waals surface area contributed by atoms with E-state index in [0.29, 0.717) is 17.1 Å². The number of halogens is 3. The van der Waals surface area contributed by atoms with E-state index in [4.69, 9.17) is 21.1 Å². The van der Waals surface area contributed by atoms with Crippen LogP contribution in [0, 0.1) is 5.82 Å². The molecule has 0 saturated heterocycles. The van der Waals surface area contributed by atoms with Gasteiger partial charge >= 0.3 is 0 Å². The molecular formula is C25H32Cl2FNO2. The predicted octanol–water partition coefficient (Wildman–Crippen LogP) is 3.42. The van der Waals surface area contributed by atoms with Crippen LogP contribution in [0.4, 0.5) is 4.39 Å². The molecule has 3 nitrogen and oxygen atoms in total. The van der Waals surface area contributed by atoms with Crippen molar-refractivity contribution in [2.75, 3.05) is 20.8 Å². The first-order valence-electron chi connectivity index (χ1n) is 10.9. The lowest BCUT2D eigenvalue weighted by Gasteiger charge is -2.21. The number of rotatable bonds is 10. The summed E-state index contributed by atoms with van der Waals surface area (Å²) in [6.07, 6.45) is 7.90. The van der Waals surface area contributed by atoms with Crippen molar-refractivity contribution in [3.05, 3.63) is 57.9 Å². The highest BCUT2D eigenvalue weighted by molar-refractivity contribution is 6.31. The van der Waals surface area contributed by atoms with Gasteiger partial charge in [0.15, 0.2) is 23.8 Å². The Hall–Kier alpha value is -1.78. The summed E-state index contributed by atoms with van der Waals surface area (Å²) in [7, 11) is 3.33. The number of hydrogen-bond donors (Lipinski definition) is 0. The van der Waals surface area contributed by atoms with Gasteiger partial charge in [-0.2, -0.15) is 0 Å². The Morgan fingerprint density at radius 1 is 1.03 bits per heavy atom. The van der Waals surface area contributed by atoms with Crippen molar-refractivity contribution in [2.45, 2.75) is 58.4 Å². The Balaban J connectivity index is 0.00000341. The quantitative estimate of drug-likeness (QED) is 0.394. The minimum absolute atomic E-state index is 0. The number of benzene rings is 2. The number of methoxy groups -OCH3 is 2. The van der Waals surface area contributed by atoms with E-state index in [1.54, 1.807) is 26.4 Å². The van der Waals surface area contributed by atoms with Gasteiger partial charge in [0.2, 0.25) is 0 Å². The first-order chi connectivity index (χ1) is 14.6. The Kier molecular flexibility index (Phi) is 10.1. The van der Waals surface area contributed by atoms with Gasteiger partial charge in [-0.05, 0) is 36.2 Å². The zero-order valence-electron chi connectivity index (χ0n) is 18.6. The third kappa shape index (κ3) is 6.14. The van der Waals surface area contributed by atoms with Crippen LogP contribution in [0.1, 0.15) is 62.1 Å². The number of nitrogens with zero attached hydrogens (tertiary/aromatic N) is 1. The molecule has 0 saturated carbocycles. The molecule has 0 bridgehead atoms. The van der Waals surface area contributed by atoms with Crippen LogP contribution in [0.25, 0.3) is 0 Å². The summed E-state index contributed by atoms with van der Waals surface area (Å²) in [4.78, 5) is 0. The topological polar surface area (TPSA) is 21.5 Å². The van der Waals surface area contributed by atoms with Crippen LogP contribution in [0.2, 0.25) is 5.02 Å². The fourth-order valence-electron chi connectivity index (χ4n) is 4.19. The van der Waals surface area contributed by atoms with Gasteiger partial charge in [-0.3, -0.25) is 0 Å². The smallest absolute Gasteiger partial charge is 0.184 e. The van der Waals surface area contributed by atoms with Crippen LogP contribution in [0.5, 0.6) is 11.5 Å². The molecule has 0 aliphatic carbocycles. The van der Waals surface area contributed by atoms with Gasteiger partial charge in [0.1, 0.15) is 12.4 Å². The molecule has 1 heterocycles. The third-order valence-electron chi connectivity index (χ3n) is 5.88. The van der Waals surface area contributed by atoms with Gasteiger partial charge in [0.05, 0.1) is 24.8 Å². The average Bonchev–Trinajstić information content (AvgIpc) is 2.75. The van der Waals surface area contributed by atoms with Crippen LogP contribution in [-0.2, 0) is 13.0 Å². The fraction of sp³-hybridized carbons (Fsp3) is 0.480. The van der Waals surface area contributed by atoms with E-state index in [0.717, 1.165) is 37.3 Å². The molecule has 0 spiro atoms. The molecule has 2 aromatic rings. The molecule has 0 amide bonds. The van der Waals surface area contributed by atoms with Crippen molar-refractivity contribution in [3.63, 3.8) is 0 Å². The number of fused-ring (bicyclic) bond motifs is 1. The van der Waals surface area contributed by atoms with E-state index < -0.39 is 0 Å². The number of hydrogen-bond acceptors (Lipinski definition) is 2. The molecule has 31 heavy (non-hydrogen) atoms. The van der Waals surface area contributed by atoms with E-state index in [1.165, 1.54) is 48.6 Å². The predicted molar refractivity (Wildman–Crippen MR) is 121 cm³/mol. The molecular weight excluding hydrogens is 436 g/mol. The van der Waals surface area contributed by atoms with Crippen LogP contribution >= 0.6 is 11.6 Å². The number of unbranched alkanes of at least 4 members (excludes halogenated alkanes) is 4. The molecule has 0 unspecified atom stereocenters. The summed E-state index contributed by atoms with van der Waals surface area (Å²) in [5.41, 5.74) is 4.24. The normalized spacial score (nSPS) is 12.9. The lowest BCUT2D eigenvalue weighted by molar-refractivity contribution is -0.546. The monoisotopic (exact) mass is 467 g/mol. The highest BCUT2D eigenvalue weighted by Gasteiger charge is 2.28. The number of ether oxygens (including phenoxy) is 2. The Morgan fingerprint density at radius 2 is 1.74 bits per heavy atom. The van der Waals surface area contributed by atoms with Crippen LogP contribution < -0.4 is 21.9 Å². The highest BCUT2D eigenvalue weighted by Crippen LogP contribution is 2.34. The minimum atomic E-state index is -0.247. The van der Waals surface area contributed by atoms with Gasteiger partial charge < -0.3 is 21.9 Å². The fourth-order valence-corrected chi connectivity index (χ4v) is 4.42. The van der Waals surface area contributed by atoms with Crippen LogP contribution in [-0.4, -0.2) is 31.1 Å². The van der Waals surface area contributed by atoms with E-state index in [1.807, 2.05) is 0 Å². The van der Waals surface area contributed by atoms with E-state index in [2.05, 4.69) is 23.6 Å². The molecule has 0 atom stereocenters. The minimum Gasteiger partial charge on any atom is -1.00 e. The molecule has 170 valence electrons. The van der Waals surface area contributed by atoms with Crippen molar-refractivity contribution in [1.29, 1.82) is 0 Å². The zero-order valence-corrected chi connectivity index (χ0v) is 20.2. The molecule has 0 radical (unpaired) electrons. The largest absolute Gasteiger partial charge is 1.00 e. The second-order valence-corrected chi connectivity index (χ2v) is 8.25. The van der Waals surface area contributed by atoms with E-state index >= 15 is 0 Å². The van der Waals surface area contributed by atoms with Crippen molar-refractivity contribution >= 4 is 17.3 Å². The van der Waals surface area contributed by atoms with Crippen molar-refractivity contribution in [3.8, 4) is 11.5 Å². The standard InChI is InChI=1S/C25H32ClFNO2.ClH/c1-4-5-6-7-8-12-23-19-16-25(30-3)24(29-2)15-18(19)13-14-28(23)17-20-21(26)10-9-11-22(20)27;/h9-11,15-16H,4-8,12-14,17H2,1-3H3;1H/q+1;/p-1. The Morgan fingerprint density at radius 3 is 2.42 bits per heavy atom. The zero-order chi connectivity index (χ0) is 21.5. The van der Waals surface area contributed by atoms with Crippen LogP contribution in [0.15, 0.2) is 30.3 Å². The van der Waals surface area contributed by atoms with Crippen molar-refractivity contribution < 1.29 is 30.8 Å². The maximum atomic E-state index is 14.5. The van der Waals surface area contributed by atoms with Gasteiger partial charge in [0.25, 0.3) is 0 Å². The summed E-state index contributed by atoms with van der Waals surface area (Å²) in [5, 5.41) is 0.482. The molecule has 6 heteroatoms. The summed E-state index contributed by atoms with van der Waals surface area (Å²) >= 11 is 6.33. The summed E-state index contributed by atoms with van der Waals surface area (Å²) in [6.45, 7) is 3.53. The molecule has 0 aromatic heterocycles. The second kappa shape index (κ2) is 12.3. The molecule has 3 rings (SSSR count). The lowest BCUT2D eigenvalue weighted by Crippen LogP contribution is -3.00. The summed E-state index contributed by atoms with van der Waals surface area (Å²) in [6, 6.07) is 9.05. The van der Waals surface area contributed by atoms with Crippen LogP contribution in [0.3, 0.4) is 0 Å². The van der Waals surface area contributed by atoms with Gasteiger partial charge in [-0.1, -0.05) is 50.3 Å². The van der Waals surface area contributed by atoms with E-state index in [9.17, 15) is 4.39 Å². The SMILES string of the molecule is CCCCCCCC1=[N+](Cc2c(F)cccc2Cl)CCc2cc(OC)c(OC)cc21.[Cl-]. The van der Waals surface area contributed by atoms with Gasteiger partial charge in [-0.15, -0.1) is 0 Å². The average molecular weight is 468 g/mol. The van der Waals surface area contributed by atoms with Crippen molar-refractivity contribution in [1.82, 2.24) is 0 Å². The first kappa shape index (κ1) is 25.5. The molecule has 1 aliphatic rings. The van der Waals surface area contributed by atoms with Crippen molar-refractivity contribution in [2.24, 2.45) is 0 Å². The maximum absolute atomic E-state index is 14.5. The Labute approximate surface area is 196 Å². The highest BCUT2D eigenvalue weighted by atomic mass is 35.5. The Bertz CT molecular complexity index is 894. The molecule has 0 N–H and O–H groups in total. The molecule has 0 fully saturated rings. The summed E-state index contributed by atoms with van der Waals surface area (Å²) < 4.78 is 27.8. The van der Waals surface area contributed by atoms with Gasteiger partial charge in [0, 0.05) is 18.4 Å². The van der Waals surface area contributed by atoms with Gasteiger partial charge in [-0.25, -0.2) is 8.97 Å². The first-order valence-corrected chi connectivity index (χ1v) is 11.3. The molecule has 2 aromatic carbocycles. The third-order valence-corrected chi connectivity index (χ3v) is 6.23. The summed E-state index contributed by atoms with van der Waals surface area (Å²) in [5.74, 6) is 1.23. The molecule has 1 aliphatic heterocycles.